The van der Waals surface area contributed by atoms with Gasteiger partial charge in [0.1, 0.15) is 0 Å². The van der Waals surface area contributed by atoms with Crippen molar-refractivity contribution >= 4 is 46.6 Å². The second-order valence-corrected chi connectivity index (χ2v) is 7.00. The van der Waals surface area contributed by atoms with Crippen LogP contribution in [-0.4, -0.2) is 18.8 Å². The van der Waals surface area contributed by atoms with Crippen LogP contribution in [-0.2, 0) is 6.42 Å². The van der Waals surface area contributed by atoms with Crippen LogP contribution in [0.1, 0.15) is 5.56 Å². The molecule has 112 valence electrons. The molecular formula is C16H16Cl3NS. The zero-order valence-corrected chi connectivity index (χ0v) is 14.7. The standard InChI is InChI=1S/C16H16Cl3NS/c1-20-12(9-14-15(18)6-3-7-16(14)19)10-21-13-5-2-4-11(17)8-13/h2-8,12,20H,9-10H2,1H3. The van der Waals surface area contributed by atoms with E-state index >= 15 is 0 Å². The van der Waals surface area contributed by atoms with Gasteiger partial charge in [-0.15, -0.1) is 11.8 Å². The summed E-state index contributed by atoms with van der Waals surface area (Å²) in [6, 6.07) is 13.8. The van der Waals surface area contributed by atoms with Crippen molar-refractivity contribution in [2.45, 2.75) is 17.4 Å². The van der Waals surface area contributed by atoms with Gasteiger partial charge < -0.3 is 5.32 Å². The van der Waals surface area contributed by atoms with Gasteiger partial charge in [-0.05, 0) is 49.4 Å². The molecule has 2 aromatic rings. The van der Waals surface area contributed by atoms with Crippen molar-refractivity contribution in [1.82, 2.24) is 5.32 Å². The van der Waals surface area contributed by atoms with E-state index in [1.165, 1.54) is 0 Å². The fraction of sp³-hybridized carbons (Fsp3) is 0.250. The number of hydrogen-bond donors (Lipinski definition) is 1. The monoisotopic (exact) mass is 359 g/mol. The Morgan fingerprint density at radius 3 is 2.33 bits per heavy atom. The highest BCUT2D eigenvalue weighted by Crippen LogP contribution is 2.27. The Morgan fingerprint density at radius 1 is 1.05 bits per heavy atom. The lowest BCUT2D eigenvalue weighted by Crippen LogP contribution is -2.30. The fourth-order valence-electron chi connectivity index (χ4n) is 1.97. The summed E-state index contributed by atoms with van der Waals surface area (Å²) in [4.78, 5) is 1.16. The Hall–Kier alpha value is -0.380. The molecule has 2 rings (SSSR count). The third-order valence-corrected chi connectivity index (χ3v) is 5.27. The number of rotatable bonds is 6. The highest BCUT2D eigenvalue weighted by atomic mass is 35.5. The number of nitrogens with one attached hydrogen (secondary N) is 1. The Balaban J connectivity index is 2.00. The molecule has 0 aliphatic rings. The molecule has 21 heavy (non-hydrogen) atoms. The van der Waals surface area contributed by atoms with Crippen LogP contribution < -0.4 is 5.32 Å². The predicted octanol–water partition coefficient (Wildman–Crippen LogP) is 5.57. The smallest absolute Gasteiger partial charge is 0.0453 e. The van der Waals surface area contributed by atoms with Crippen molar-refractivity contribution < 1.29 is 0 Å². The minimum atomic E-state index is 0.284. The van der Waals surface area contributed by atoms with Crippen molar-refractivity contribution in [3.8, 4) is 0 Å². The molecule has 0 amide bonds. The molecular weight excluding hydrogens is 345 g/mol. The zero-order chi connectivity index (χ0) is 15.2. The molecule has 0 heterocycles. The number of thioether (sulfide) groups is 1. The van der Waals surface area contributed by atoms with Crippen LogP contribution in [0.4, 0.5) is 0 Å². The molecule has 0 saturated carbocycles. The normalized spacial score (nSPS) is 12.4. The first-order chi connectivity index (χ1) is 10.1. The lowest BCUT2D eigenvalue weighted by atomic mass is 10.1. The zero-order valence-electron chi connectivity index (χ0n) is 11.6. The van der Waals surface area contributed by atoms with Crippen LogP contribution in [0.5, 0.6) is 0 Å². The maximum Gasteiger partial charge on any atom is 0.0453 e. The van der Waals surface area contributed by atoms with Gasteiger partial charge >= 0.3 is 0 Å². The summed E-state index contributed by atoms with van der Waals surface area (Å²) < 4.78 is 0. The Morgan fingerprint density at radius 2 is 1.71 bits per heavy atom. The van der Waals surface area contributed by atoms with E-state index in [4.69, 9.17) is 34.8 Å². The summed E-state index contributed by atoms with van der Waals surface area (Å²) in [6.45, 7) is 0. The number of benzene rings is 2. The number of halogens is 3. The lowest BCUT2D eigenvalue weighted by molar-refractivity contribution is 0.617. The van der Waals surface area contributed by atoms with E-state index in [1.807, 2.05) is 43.4 Å². The molecule has 1 nitrogen and oxygen atoms in total. The van der Waals surface area contributed by atoms with E-state index in [1.54, 1.807) is 11.8 Å². The molecule has 5 heteroatoms. The van der Waals surface area contributed by atoms with Crippen molar-refractivity contribution in [3.05, 3.63) is 63.1 Å². The molecule has 1 N–H and O–H groups in total. The van der Waals surface area contributed by atoms with Crippen molar-refractivity contribution in [3.63, 3.8) is 0 Å². The Bertz CT molecular complexity index is 584. The van der Waals surface area contributed by atoms with E-state index in [-0.39, 0.29) is 6.04 Å². The first-order valence-corrected chi connectivity index (χ1v) is 8.70. The molecule has 0 radical (unpaired) electrons. The van der Waals surface area contributed by atoms with Crippen molar-refractivity contribution in [1.29, 1.82) is 0 Å². The molecule has 0 saturated heterocycles. The van der Waals surface area contributed by atoms with Crippen LogP contribution in [0.3, 0.4) is 0 Å². The van der Waals surface area contributed by atoms with Gasteiger partial charge in [0.25, 0.3) is 0 Å². The largest absolute Gasteiger partial charge is 0.316 e. The number of likely N-dealkylation sites (N-methyl/N-ethyl adjacent to an activating group) is 1. The van der Waals surface area contributed by atoms with Crippen molar-refractivity contribution in [2.75, 3.05) is 12.8 Å². The van der Waals surface area contributed by atoms with Gasteiger partial charge in [0.05, 0.1) is 0 Å². The van der Waals surface area contributed by atoms with Gasteiger partial charge in [0, 0.05) is 31.8 Å². The fourth-order valence-corrected chi connectivity index (χ4v) is 3.84. The highest BCUT2D eigenvalue weighted by molar-refractivity contribution is 7.99. The molecule has 0 fully saturated rings. The maximum atomic E-state index is 6.23. The first-order valence-electron chi connectivity index (χ1n) is 6.58. The average Bonchev–Trinajstić information content (AvgIpc) is 2.46. The summed E-state index contributed by atoms with van der Waals surface area (Å²) in [5.41, 5.74) is 0.992. The molecule has 1 atom stereocenters. The molecule has 0 spiro atoms. The second-order valence-electron chi connectivity index (χ2n) is 4.66. The quantitative estimate of drug-likeness (QED) is 0.676. The van der Waals surface area contributed by atoms with Crippen LogP contribution in [0, 0.1) is 0 Å². The SMILES string of the molecule is CNC(CSc1cccc(Cl)c1)Cc1c(Cl)cccc1Cl. The van der Waals surface area contributed by atoms with E-state index in [0.29, 0.717) is 0 Å². The van der Waals surface area contributed by atoms with E-state index in [9.17, 15) is 0 Å². The molecule has 0 aromatic heterocycles. The van der Waals surface area contributed by atoms with Gasteiger partial charge in [-0.3, -0.25) is 0 Å². The summed E-state index contributed by atoms with van der Waals surface area (Å²) >= 11 is 20.2. The molecule has 2 aromatic carbocycles. The van der Waals surface area contributed by atoms with Gasteiger partial charge in [-0.1, -0.05) is 46.9 Å². The highest BCUT2D eigenvalue weighted by Gasteiger charge is 2.13. The van der Waals surface area contributed by atoms with Gasteiger partial charge in [-0.25, -0.2) is 0 Å². The third-order valence-electron chi connectivity index (χ3n) is 3.17. The van der Waals surface area contributed by atoms with Crippen LogP contribution in [0.2, 0.25) is 15.1 Å². The van der Waals surface area contributed by atoms with E-state index in [2.05, 4.69) is 11.4 Å². The topological polar surface area (TPSA) is 12.0 Å². The van der Waals surface area contributed by atoms with Gasteiger partial charge in [0.2, 0.25) is 0 Å². The average molecular weight is 361 g/mol. The summed E-state index contributed by atoms with van der Waals surface area (Å²) in [7, 11) is 1.95. The van der Waals surface area contributed by atoms with E-state index < -0.39 is 0 Å². The van der Waals surface area contributed by atoms with Gasteiger partial charge in [0.15, 0.2) is 0 Å². The molecule has 0 bridgehead atoms. The first kappa shape index (κ1) is 17.0. The van der Waals surface area contributed by atoms with E-state index in [0.717, 1.165) is 37.7 Å². The molecule has 0 aliphatic carbocycles. The third kappa shape index (κ3) is 5.08. The molecule has 1 unspecified atom stereocenters. The Kier molecular flexibility index (Phi) is 6.72. The van der Waals surface area contributed by atoms with Crippen LogP contribution >= 0.6 is 46.6 Å². The molecule has 0 aliphatic heterocycles. The minimum absolute atomic E-state index is 0.284. The lowest BCUT2D eigenvalue weighted by Gasteiger charge is -2.17. The predicted molar refractivity (Wildman–Crippen MR) is 95.2 cm³/mol. The minimum Gasteiger partial charge on any atom is -0.316 e. The maximum absolute atomic E-state index is 6.23. The number of hydrogen-bond acceptors (Lipinski definition) is 2. The van der Waals surface area contributed by atoms with Crippen molar-refractivity contribution in [2.24, 2.45) is 0 Å². The van der Waals surface area contributed by atoms with Gasteiger partial charge in [-0.2, -0.15) is 0 Å². The summed E-state index contributed by atoms with van der Waals surface area (Å²) in [6.07, 6.45) is 0.794. The van der Waals surface area contributed by atoms with Crippen LogP contribution in [0.15, 0.2) is 47.4 Å². The summed E-state index contributed by atoms with van der Waals surface area (Å²) in [5.74, 6) is 0.915. The second kappa shape index (κ2) is 8.30. The van der Waals surface area contributed by atoms with Crippen LogP contribution in [0.25, 0.3) is 0 Å². The summed E-state index contributed by atoms with van der Waals surface area (Å²) in [5, 5.41) is 5.51. The Labute approximate surface area is 145 Å².